The minimum absolute atomic E-state index is 0.178. The van der Waals surface area contributed by atoms with Crippen molar-refractivity contribution in [2.24, 2.45) is 0 Å². The molecule has 0 bridgehead atoms. The van der Waals surface area contributed by atoms with Crippen LogP contribution < -0.4 is 10.2 Å². The molecule has 0 radical (unpaired) electrons. The molecule has 184 valence electrons. The third kappa shape index (κ3) is 7.35. The van der Waals surface area contributed by atoms with Gasteiger partial charge in [-0.2, -0.15) is 13.2 Å². The molecule has 1 saturated heterocycles. The van der Waals surface area contributed by atoms with E-state index in [-0.39, 0.29) is 17.7 Å². The molecule has 3 heterocycles. The quantitative estimate of drug-likeness (QED) is 0.330. The van der Waals surface area contributed by atoms with Gasteiger partial charge in [-0.3, -0.25) is 4.79 Å². The molecule has 1 aliphatic heterocycles. The molecule has 6 nitrogen and oxygen atoms in total. The van der Waals surface area contributed by atoms with Crippen LogP contribution in [0.1, 0.15) is 22.3 Å². The fourth-order valence-electron chi connectivity index (χ4n) is 3.45. The van der Waals surface area contributed by atoms with E-state index in [1.807, 2.05) is 29.9 Å². The molecule has 0 unspecified atom stereocenters. The zero-order chi connectivity index (χ0) is 25.3. The van der Waals surface area contributed by atoms with Gasteiger partial charge in [0.2, 0.25) is 0 Å². The third-order valence-electron chi connectivity index (χ3n) is 5.29. The van der Waals surface area contributed by atoms with E-state index < -0.39 is 11.7 Å². The minimum Gasteiger partial charge on any atom is -0.354 e. The fourth-order valence-corrected chi connectivity index (χ4v) is 3.45. The summed E-state index contributed by atoms with van der Waals surface area (Å²) in [7, 11) is 2.01. The van der Waals surface area contributed by atoms with Crippen LogP contribution in [0.2, 0.25) is 0 Å². The Morgan fingerprint density at radius 1 is 1.03 bits per heavy atom. The molecule has 2 aromatic heterocycles. The number of carbonyl (C=O) groups is 1. The van der Waals surface area contributed by atoms with Crippen LogP contribution in [-0.2, 0) is 6.18 Å². The van der Waals surface area contributed by atoms with Gasteiger partial charge in [-0.05, 0) is 43.8 Å². The maximum atomic E-state index is 12.1. The average Bonchev–Trinajstić information content (AvgIpc) is 3.54. The number of alkyl halides is 3. The van der Waals surface area contributed by atoms with Crippen LogP contribution in [0.15, 0.2) is 79.1 Å². The van der Waals surface area contributed by atoms with Crippen molar-refractivity contribution in [2.75, 3.05) is 25.0 Å². The first kappa shape index (κ1) is 25.8. The van der Waals surface area contributed by atoms with E-state index in [1.165, 1.54) is 30.7 Å². The van der Waals surface area contributed by atoms with E-state index in [4.69, 9.17) is 0 Å². The summed E-state index contributed by atoms with van der Waals surface area (Å²) in [5, 5.41) is 7.85. The summed E-state index contributed by atoms with van der Waals surface area (Å²) < 4.78 is 50.0. The number of nitrogens with one attached hydrogen (secondary N) is 1. The van der Waals surface area contributed by atoms with Gasteiger partial charge in [0.15, 0.2) is 11.9 Å². The molecule has 10 heteroatoms. The fraction of sp³-hybridized carbons (Fsp3) is 0.240. The molecule has 0 spiro atoms. The molecule has 1 fully saturated rings. The van der Waals surface area contributed by atoms with Crippen LogP contribution in [-0.4, -0.2) is 47.1 Å². The summed E-state index contributed by atoms with van der Waals surface area (Å²) in [6, 6.07) is 17.2. The normalized spacial score (nSPS) is 15.1. The zero-order valence-electron chi connectivity index (χ0n) is 19.0. The van der Waals surface area contributed by atoms with Crippen molar-refractivity contribution in [1.29, 1.82) is 0 Å². The number of aldehydes is 1. The largest absolute Gasteiger partial charge is 0.417 e. The lowest BCUT2D eigenvalue weighted by atomic mass is 10.1. The van der Waals surface area contributed by atoms with E-state index in [1.54, 1.807) is 24.4 Å². The second kappa shape index (κ2) is 12.1. The summed E-state index contributed by atoms with van der Waals surface area (Å²) >= 11 is 0. The second-order valence-electron chi connectivity index (χ2n) is 7.64. The number of carbonyl (C=O) groups excluding carboxylic acids is 1. The predicted molar refractivity (Wildman–Crippen MR) is 126 cm³/mol. The number of rotatable bonds is 3. The van der Waals surface area contributed by atoms with E-state index in [0.717, 1.165) is 36.7 Å². The molecule has 4 aromatic rings. The first-order valence-electron chi connectivity index (χ1n) is 10.9. The van der Waals surface area contributed by atoms with Crippen LogP contribution in [0.5, 0.6) is 0 Å². The van der Waals surface area contributed by atoms with Gasteiger partial charge in [-0.15, -0.1) is 5.10 Å². The monoisotopic (exact) mass is 487 g/mol. The van der Waals surface area contributed by atoms with E-state index >= 15 is 0 Å². The van der Waals surface area contributed by atoms with E-state index in [2.05, 4.69) is 20.3 Å². The highest BCUT2D eigenvalue weighted by atomic mass is 19.4. The Bertz CT molecular complexity index is 1210. The predicted octanol–water partition coefficient (Wildman–Crippen LogP) is 4.87. The standard InChI is InChI=1S/C11H15N5.C8H5F3O.C6H5F/c1-12-9-4-6-15(8-9)11-3-2-10-13-5-7-16(10)14-11;9-8(10,11)7-4-2-1-3-6(7)5-12;7-6-4-2-1-3-5-6/h2-3,5,7,9,12H,4,6,8H2,1H3;1-5H;1-5H/t9-;;/m0../s1. The summed E-state index contributed by atoms with van der Waals surface area (Å²) in [5.74, 6) is 0.853. The van der Waals surface area contributed by atoms with Crippen molar-refractivity contribution in [3.63, 3.8) is 0 Å². The number of hydrogen-bond donors (Lipinski definition) is 1. The molecule has 35 heavy (non-hydrogen) atoms. The highest BCUT2D eigenvalue weighted by Crippen LogP contribution is 2.30. The van der Waals surface area contributed by atoms with Crippen LogP contribution in [0.25, 0.3) is 5.65 Å². The number of hydrogen-bond acceptors (Lipinski definition) is 5. The summed E-state index contributed by atoms with van der Waals surface area (Å²) in [6.07, 6.45) is 0.581. The number of anilines is 1. The SMILES string of the molecule is CN[C@H]1CCN(c2ccc3nccn3n2)C1.Fc1ccccc1.O=Cc1ccccc1C(F)(F)F. The summed E-state index contributed by atoms with van der Waals surface area (Å²) in [4.78, 5) is 16.7. The van der Waals surface area contributed by atoms with Gasteiger partial charge < -0.3 is 10.2 Å². The lowest BCUT2D eigenvalue weighted by Crippen LogP contribution is -2.30. The number of imidazole rings is 1. The van der Waals surface area contributed by atoms with Crippen molar-refractivity contribution in [1.82, 2.24) is 19.9 Å². The summed E-state index contributed by atoms with van der Waals surface area (Å²) in [5.41, 5.74) is -0.321. The highest BCUT2D eigenvalue weighted by molar-refractivity contribution is 5.77. The molecule has 0 amide bonds. The first-order chi connectivity index (χ1) is 16.8. The zero-order valence-corrected chi connectivity index (χ0v) is 19.0. The molecule has 0 aliphatic carbocycles. The number of likely N-dealkylation sites (N-methyl/N-ethyl adjacent to an activating group) is 1. The Morgan fingerprint density at radius 3 is 2.31 bits per heavy atom. The maximum absolute atomic E-state index is 12.1. The highest BCUT2D eigenvalue weighted by Gasteiger charge is 2.32. The van der Waals surface area contributed by atoms with Gasteiger partial charge in [0, 0.05) is 37.1 Å². The van der Waals surface area contributed by atoms with Crippen molar-refractivity contribution < 1.29 is 22.4 Å². The smallest absolute Gasteiger partial charge is 0.354 e. The number of aromatic nitrogens is 3. The van der Waals surface area contributed by atoms with Crippen LogP contribution in [0, 0.1) is 5.82 Å². The van der Waals surface area contributed by atoms with Crippen molar-refractivity contribution in [3.05, 3.63) is 96.1 Å². The van der Waals surface area contributed by atoms with Crippen LogP contribution in [0.3, 0.4) is 0 Å². The van der Waals surface area contributed by atoms with Gasteiger partial charge >= 0.3 is 6.18 Å². The molecular formula is C25H25F4N5O. The van der Waals surface area contributed by atoms with Gasteiger partial charge in [-0.1, -0.05) is 36.4 Å². The maximum Gasteiger partial charge on any atom is 0.417 e. The van der Waals surface area contributed by atoms with Gasteiger partial charge in [-0.25, -0.2) is 13.9 Å². The van der Waals surface area contributed by atoms with Crippen molar-refractivity contribution in [3.8, 4) is 0 Å². The Hall–Kier alpha value is -3.79. The number of nitrogens with zero attached hydrogens (tertiary/aromatic N) is 4. The Kier molecular flexibility index (Phi) is 8.91. The molecule has 1 aliphatic rings. The topological polar surface area (TPSA) is 62.5 Å². The van der Waals surface area contributed by atoms with Crippen LogP contribution >= 0.6 is 0 Å². The van der Waals surface area contributed by atoms with E-state index in [9.17, 15) is 22.4 Å². The molecule has 2 aromatic carbocycles. The third-order valence-corrected chi connectivity index (χ3v) is 5.29. The molecule has 1 N–H and O–H groups in total. The Morgan fingerprint density at radius 2 is 1.74 bits per heavy atom. The molecule has 1 atom stereocenters. The molecular weight excluding hydrogens is 462 g/mol. The van der Waals surface area contributed by atoms with Crippen molar-refractivity contribution in [2.45, 2.75) is 18.6 Å². The lowest BCUT2D eigenvalue weighted by Gasteiger charge is -2.16. The number of fused-ring (bicyclic) bond motifs is 1. The van der Waals surface area contributed by atoms with E-state index in [0.29, 0.717) is 6.04 Å². The minimum atomic E-state index is -4.45. The second-order valence-corrected chi connectivity index (χ2v) is 7.64. The molecule has 0 saturated carbocycles. The Labute approximate surface area is 200 Å². The first-order valence-corrected chi connectivity index (χ1v) is 10.9. The average molecular weight is 488 g/mol. The van der Waals surface area contributed by atoms with Gasteiger partial charge in [0.05, 0.1) is 5.56 Å². The van der Waals surface area contributed by atoms with Gasteiger partial charge in [0.25, 0.3) is 0 Å². The number of benzene rings is 2. The summed E-state index contributed by atoms with van der Waals surface area (Å²) in [6.45, 7) is 2.10. The Balaban J connectivity index is 0.000000159. The van der Waals surface area contributed by atoms with Gasteiger partial charge in [0.1, 0.15) is 11.6 Å². The van der Waals surface area contributed by atoms with Crippen molar-refractivity contribution >= 4 is 17.8 Å². The number of halogens is 4. The van der Waals surface area contributed by atoms with Crippen LogP contribution in [0.4, 0.5) is 23.4 Å². The molecule has 5 rings (SSSR count). The lowest BCUT2D eigenvalue weighted by molar-refractivity contribution is -0.137.